The summed E-state index contributed by atoms with van der Waals surface area (Å²) in [6, 6.07) is 9.92. The lowest BCUT2D eigenvalue weighted by atomic mass is 10.0. The van der Waals surface area contributed by atoms with E-state index in [4.69, 9.17) is 8.83 Å². The number of oxazole rings is 1. The number of benzene rings is 1. The summed E-state index contributed by atoms with van der Waals surface area (Å²) >= 11 is 0. The Labute approximate surface area is 105 Å². The lowest BCUT2D eigenvalue weighted by Crippen LogP contribution is -1.85. The van der Waals surface area contributed by atoms with Gasteiger partial charge in [-0.25, -0.2) is 4.98 Å². The van der Waals surface area contributed by atoms with Gasteiger partial charge in [-0.05, 0) is 31.5 Å². The van der Waals surface area contributed by atoms with Crippen molar-refractivity contribution in [2.45, 2.75) is 13.8 Å². The van der Waals surface area contributed by atoms with Crippen LogP contribution in [-0.2, 0) is 0 Å². The number of rotatable bonds is 2. The maximum absolute atomic E-state index is 5.44. The summed E-state index contributed by atoms with van der Waals surface area (Å²) in [7, 11) is 0. The summed E-state index contributed by atoms with van der Waals surface area (Å²) in [5.41, 5.74) is 4.35. The van der Waals surface area contributed by atoms with E-state index in [9.17, 15) is 0 Å². The van der Waals surface area contributed by atoms with Crippen molar-refractivity contribution in [3.8, 4) is 22.9 Å². The minimum absolute atomic E-state index is 0.509. The van der Waals surface area contributed by atoms with Crippen LogP contribution in [-0.4, -0.2) is 4.98 Å². The molecule has 0 amide bonds. The zero-order chi connectivity index (χ0) is 12.5. The lowest BCUT2D eigenvalue weighted by Gasteiger charge is -2.02. The summed E-state index contributed by atoms with van der Waals surface area (Å²) in [5, 5.41) is 0. The molecule has 0 aliphatic carbocycles. The smallest absolute Gasteiger partial charge is 0.263 e. The zero-order valence-electron chi connectivity index (χ0n) is 10.3. The van der Waals surface area contributed by atoms with Crippen molar-refractivity contribution in [3.05, 3.63) is 54.0 Å². The first-order chi connectivity index (χ1) is 8.74. The van der Waals surface area contributed by atoms with Crippen molar-refractivity contribution in [1.82, 2.24) is 4.98 Å². The molecule has 3 aromatic rings. The van der Waals surface area contributed by atoms with E-state index in [1.807, 2.05) is 12.1 Å². The molecule has 0 atom stereocenters. The Kier molecular flexibility index (Phi) is 2.52. The Morgan fingerprint density at radius 3 is 2.67 bits per heavy atom. The van der Waals surface area contributed by atoms with Crippen LogP contribution in [0.15, 0.2) is 51.7 Å². The number of aryl methyl sites for hydroxylation is 2. The monoisotopic (exact) mass is 239 g/mol. The highest BCUT2D eigenvalue weighted by molar-refractivity contribution is 5.65. The van der Waals surface area contributed by atoms with Gasteiger partial charge in [0.15, 0.2) is 5.76 Å². The Balaban J connectivity index is 2.03. The molecule has 3 heteroatoms. The highest BCUT2D eigenvalue weighted by atomic mass is 16.4. The van der Waals surface area contributed by atoms with Crippen molar-refractivity contribution >= 4 is 0 Å². The second-order valence-electron chi connectivity index (χ2n) is 4.33. The van der Waals surface area contributed by atoms with Crippen molar-refractivity contribution in [3.63, 3.8) is 0 Å². The van der Waals surface area contributed by atoms with Gasteiger partial charge >= 0.3 is 0 Å². The van der Waals surface area contributed by atoms with E-state index in [2.05, 4.69) is 37.0 Å². The third-order valence-corrected chi connectivity index (χ3v) is 2.89. The molecule has 0 aliphatic rings. The molecule has 2 aromatic heterocycles. The first kappa shape index (κ1) is 10.8. The average molecular weight is 239 g/mol. The van der Waals surface area contributed by atoms with E-state index in [0.717, 1.165) is 11.3 Å². The van der Waals surface area contributed by atoms with Gasteiger partial charge in [0.05, 0.1) is 6.26 Å². The first-order valence-corrected chi connectivity index (χ1v) is 5.81. The number of furan rings is 1. The molecule has 0 saturated carbocycles. The fourth-order valence-electron chi connectivity index (χ4n) is 2.01. The van der Waals surface area contributed by atoms with Crippen LogP contribution in [0, 0.1) is 13.8 Å². The number of hydrogen-bond acceptors (Lipinski definition) is 3. The van der Waals surface area contributed by atoms with Gasteiger partial charge in [0.25, 0.3) is 5.89 Å². The van der Waals surface area contributed by atoms with Gasteiger partial charge in [-0.1, -0.05) is 23.8 Å². The predicted octanol–water partition coefficient (Wildman–Crippen LogP) is 4.22. The van der Waals surface area contributed by atoms with Crippen LogP contribution in [0.3, 0.4) is 0 Å². The molecule has 0 fully saturated rings. The normalized spacial score (nSPS) is 10.8. The van der Waals surface area contributed by atoms with Crippen molar-refractivity contribution < 1.29 is 8.83 Å². The Morgan fingerprint density at radius 2 is 1.94 bits per heavy atom. The molecule has 2 heterocycles. The van der Waals surface area contributed by atoms with Crippen LogP contribution >= 0.6 is 0 Å². The second kappa shape index (κ2) is 4.18. The van der Waals surface area contributed by atoms with Gasteiger partial charge in [-0.2, -0.15) is 0 Å². The fourth-order valence-corrected chi connectivity index (χ4v) is 2.01. The van der Waals surface area contributed by atoms with Gasteiger partial charge in [0.2, 0.25) is 0 Å². The largest absolute Gasteiger partial charge is 0.459 e. The van der Waals surface area contributed by atoms with E-state index in [1.165, 1.54) is 11.1 Å². The van der Waals surface area contributed by atoms with Gasteiger partial charge in [-0.3, -0.25) is 0 Å². The van der Waals surface area contributed by atoms with E-state index in [1.54, 1.807) is 12.5 Å². The number of hydrogen-bond donors (Lipinski definition) is 0. The van der Waals surface area contributed by atoms with Crippen LogP contribution in [0.5, 0.6) is 0 Å². The Bertz CT molecular complexity index is 666. The molecule has 0 bridgehead atoms. The van der Waals surface area contributed by atoms with Gasteiger partial charge in [-0.15, -0.1) is 0 Å². The molecule has 90 valence electrons. The molecule has 3 nitrogen and oxygen atoms in total. The molecule has 0 unspecified atom stereocenters. The molecular formula is C15H13NO2. The maximum atomic E-state index is 5.44. The first-order valence-electron chi connectivity index (χ1n) is 5.81. The summed E-state index contributed by atoms with van der Waals surface area (Å²) in [6.07, 6.45) is 3.27. The molecule has 1 aromatic carbocycles. The lowest BCUT2D eigenvalue weighted by molar-refractivity contribution is 0.517. The average Bonchev–Trinajstić information content (AvgIpc) is 2.99. The quantitative estimate of drug-likeness (QED) is 0.672. The SMILES string of the molecule is Cc1ccc(-c2coc(-c3ccco3)n2)c(C)c1. The minimum Gasteiger partial charge on any atom is -0.459 e. The zero-order valence-corrected chi connectivity index (χ0v) is 10.3. The topological polar surface area (TPSA) is 39.2 Å². The van der Waals surface area contributed by atoms with Gasteiger partial charge in [0.1, 0.15) is 12.0 Å². The third kappa shape index (κ3) is 1.84. The van der Waals surface area contributed by atoms with Gasteiger partial charge < -0.3 is 8.83 Å². The molecule has 0 saturated heterocycles. The molecule has 0 radical (unpaired) electrons. The summed E-state index contributed by atoms with van der Waals surface area (Å²) in [5.74, 6) is 1.15. The summed E-state index contributed by atoms with van der Waals surface area (Å²) in [6.45, 7) is 4.15. The summed E-state index contributed by atoms with van der Waals surface area (Å²) < 4.78 is 10.7. The van der Waals surface area contributed by atoms with Crippen LogP contribution in [0.25, 0.3) is 22.9 Å². The highest BCUT2D eigenvalue weighted by Crippen LogP contribution is 2.27. The Hall–Kier alpha value is -2.29. The van der Waals surface area contributed by atoms with Crippen LogP contribution in [0.1, 0.15) is 11.1 Å². The number of aromatic nitrogens is 1. The van der Waals surface area contributed by atoms with Gasteiger partial charge in [0, 0.05) is 5.56 Å². The summed E-state index contributed by atoms with van der Waals surface area (Å²) in [4.78, 5) is 4.45. The fraction of sp³-hybridized carbons (Fsp3) is 0.133. The second-order valence-corrected chi connectivity index (χ2v) is 4.33. The molecule has 0 spiro atoms. The standard InChI is InChI=1S/C15H13NO2/c1-10-5-6-12(11(2)8-10)13-9-18-15(16-13)14-4-3-7-17-14/h3-9H,1-2H3. The highest BCUT2D eigenvalue weighted by Gasteiger charge is 2.11. The predicted molar refractivity (Wildman–Crippen MR) is 69.1 cm³/mol. The Morgan fingerprint density at radius 1 is 1.06 bits per heavy atom. The third-order valence-electron chi connectivity index (χ3n) is 2.89. The molecule has 18 heavy (non-hydrogen) atoms. The van der Waals surface area contributed by atoms with Crippen LogP contribution in [0.2, 0.25) is 0 Å². The van der Waals surface area contributed by atoms with E-state index in [0.29, 0.717) is 11.7 Å². The van der Waals surface area contributed by atoms with Crippen molar-refractivity contribution in [1.29, 1.82) is 0 Å². The van der Waals surface area contributed by atoms with Crippen LogP contribution < -0.4 is 0 Å². The van der Waals surface area contributed by atoms with E-state index < -0.39 is 0 Å². The van der Waals surface area contributed by atoms with Crippen LogP contribution in [0.4, 0.5) is 0 Å². The van der Waals surface area contributed by atoms with E-state index in [-0.39, 0.29) is 0 Å². The molecule has 3 rings (SSSR count). The molecular weight excluding hydrogens is 226 g/mol. The maximum Gasteiger partial charge on any atom is 0.263 e. The van der Waals surface area contributed by atoms with Crippen molar-refractivity contribution in [2.24, 2.45) is 0 Å². The van der Waals surface area contributed by atoms with E-state index >= 15 is 0 Å². The number of nitrogens with zero attached hydrogens (tertiary/aromatic N) is 1. The van der Waals surface area contributed by atoms with Crippen molar-refractivity contribution in [2.75, 3.05) is 0 Å². The molecule has 0 aliphatic heterocycles. The molecule has 0 N–H and O–H groups in total. The minimum atomic E-state index is 0.509.